The molecule has 1 N–H and O–H groups in total. The number of hydrogen-bond donors (Lipinski definition) is 1. The third-order valence-electron chi connectivity index (χ3n) is 5.00. The van der Waals surface area contributed by atoms with E-state index in [1.165, 1.54) is 7.11 Å². The zero-order chi connectivity index (χ0) is 20.4. The van der Waals surface area contributed by atoms with Gasteiger partial charge in [0.1, 0.15) is 0 Å². The van der Waals surface area contributed by atoms with Gasteiger partial charge in [0, 0.05) is 25.0 Å². The Bertz CT molecular complexity index is 1070. The average Bonchev–Trinajstić information content (AvgIpc) is 3.19. The zero-order valence-electron chi connectivity index (χ0n) is 15.8. The molecule has 2 aromatic heterocycles. The van der Waals surface area contributed by atoms with Crippen LogP contribution in [-0.2, 0) is 9.53 Å². The number of nitrogens with zero attached hydrogens (tertiary/aromatic N) is 4. The Morgan fingerprint density at radius 1 is 1.24 bits per heavy atom. The lowest BCUT2D eigenvalue weighted by molar-refractivity contribution is -0.120. The van der Waals surface area contributed by atoms with E-state index in [4.69, 9.17) is 16.3 Å². The van der Waals surface area contributed by atoms with Crippen molar-refractivity contribution in [2.24, 2.45) is 5.92 Å². The highest BCUT2D eigenvalue weighted by Crippen LogP contribution is 2.25. The van der Waals surface area contributed by atoms with Gasteiger partial charge in [0.15, 0.2) is 5.65 Å². The van der Waals surface area contributed by atoms with Gasteiger partial charge in [-0.2, -0.15) is 0 Å². The van der Waals surface area contributed by atoms with Crippen LogP contribution in [0.2, 0.25) is 5.02 Å². The van der Waals surface area contributed by atoms with E-state index in [1.807, 2.05) is 16.7 Å². The fourth-order valence-corrected chi connectivity index (χ4v) is 3.75. The Labute approximate surface area is 172 Å². The molecule has 3 aromatic rings. The smallest absolute Gasteiger partial charge is 0.337 e. The molecule has 8 nitrogen and oxygen atoms in total. The lowest BCUT2D eigenvalue weighted by Gasteiger charge is -2.32. The molecule has 1 atom stereocenters. The lowest BCUT2D eigenvalue weighted by atomic mass is 9.97. The number of methoxy groups -OCH3 is 1. The molecule has 1 aromatic carbocycles. The molecule has 150 valence electrons. The Morgan fingerprint density at radius 2 is 2.10 bits per heavy atom. The second kappa shape index (κ2) is 8.08. The number of benzene rings is 1. The van der Waals surface area contributed by atoms with E-state index < -0.39 is 5.97 Å². The number of halogens is 1. The molecule has 0 bridgehead atoms. The number of esters is 1. The molecule has 0 aliphatic carbocycles. The number of carbonyl (C=O) groups is 2. The molecule has 3 heterocycles. The average molecular weight is 414 g/mol. The van der Waals surface area contributed by atoms with Crippen LogP contribution >= 0.6 is 11.6 Å². The van der Waals surface area contributed by atoms with E-state index in [2.05, 4.69) is 20.4 Å². The monoisotopic (exact) mass is 413 g/mol. The van der Waals surface area contributed by atoms with Gasteiger partial charge in [-0.25, -0.2) is 4.79 Å². The highest BCUT2D eigenvalue weighted by atomic mass is 35.5. The van der Waals surface area contributed by atoms with E-state index >= 15 is 0 Å². The fourth-order valence-electron chi connectivity index (χ4n) is 3.55. The summed E-state index contributed by atoms with van der Waals surface area (Å²) in [4.78, 5) is 26.6. The molecule has 9 heteroatoms. The molecule has 0 radical (unpaired) electrons. The van der Waals surface area contributed by atoms with Gasteiger partial charge in [-0.15, -0.1) is 10.2 Å². The predicted molar refractivity (Wildman–Crippen MR) is 109 cm³/mol. The maximum atomic E-state index is 12.8. The molecule has 1 fully saturated rings. The van der Waals surface area contributed by atoms with Crippen LogP contribution < -0.4 is 10.2 Å². The first-order chi connectivity index (χ1) is 14.1. The summed E-state index contributed by atoms with van der Waals surface area (Å²) in [6, 6.07) is 10.3. The van der Waals surface area contributed by atoms with Crippen LogP contribution in [0.1, 0.15) is 23.2 Å². The SMILES string of the molecule is COC(=O)c1cccc(NC(=O)[C@@H]2CCCN(c3nnc4c(Cl)cccn34)C2)c1. The van der Waals surface area contributed by atoms with Crippen LogP contribution in [0.25, 0.3) is 5.65 Å². The number of hydrogen-bond acceptors (Lipinski definition) is 6. The normalized spacial score (nSPS) is 16.6. The van der Waals surface area contributed by atoms with Crippen LogP contribution in [0.3, 0.4) is 0 Å². The minimum absolute atomic E-state index is 0.0939. The van der Waals surface area contributed by atoms with Crippen molar-refractivity contribution < 1.29 is 14.3 Å². The van der Waals surface area contributed by atoms with Gasteiger partial charge in [-0.3, -0.25) is 9.20 Å². The Hall–Kier alpha value is -3.13. The first-order valence-electron chi connectivity index (χ1n) is 9.30. The standard InChI is InChI=1S/C20H20ClN5O3/c1-29-19(28)13-5-2-7-15(11-13)22-18(27)14-6-3-9-25(12-14)20-24-23-17-16(21)8-4-10-26(17)20/h2,4-5,7-8,10-11,14H,3,6,9,12H2,1H3,(H,22,27)/t14-/m1/s1. The van der Waals surface area contributed by atoms with Crippen molar-refractivity contribution in [3.05, 3.63) is 53.2 Å². The maximum Gasteiger partial charge on any atom is 0.337 e. The first-order valence-corrected chi connectivity index (χ1v) is 9.68. The van der Waals surface area contributed by atoms with Crippen molar-refractivity contribution in [1.29, 1.82) is 0 Å². The third kappa shape index (κ3) is 3.88. The fraction of sp³-hybridized carbons (Fsp3) is 0.300. The molecule has 0 unspecified atom stereocenters. The van der Waals surface area contributed by atoms with Crippen LogP contribution in [0.15, 0.2) is 42.6 Å². The lowest BCUT2D eigenvalue weighted by Crippen LogP contribution is -2.41. The number of anilines is 2. The van der Waals surface area contributed by atoms with Crippen molar-refractivity contribution in [1.82, 2.24) is 14.6 Å². The molecule has 1 amide bonds. The van der Waals surface area contributed by atoms with Gasteiger partial charge in [0.05, 0.1) is 23.6 Å². The zero-order valence-corrected chi connectivity index (χ0v) is 16.6. The molecule has 1 aliphatic rings. The van der Waals surface area contributed by atoms with Gasteiger partial charge in [-0.05, 0) is 43.2 Å². The largest absolute Gasteiger partial charge is 0.465 e. The quantitative estimate of drug-likeness (QED) is 0.661. The van der Waals surface area contributed by atoms with Crippen molar-refractivity contribution in [3.8, 4) is 0 Å². The number of aromatic nitrogens is 3. The summed E-state index contributed by atoms with van der Waals surface area (Å²) in [5.74, 6) is -0.0735. The summed E-state index contributed by atoms with van der Waals surface area (Å²) in [6.07, 6.45) is 3.49. The minimum Gasteiger partial charge on any atom is -0.465 e. The number of fused-ring (bicyclic) bond motifs is 1. The number of piperidine rings is 1. The van der Waals surface area contributed by atoms with Crippen molar-refractivity contribution in [2.45, 2.75) is 12.8 Å². The molecule has 29 heavy (non-hydrogen) atoms. The van der Waals surface area contributed by atoms with E-state index in [0.29, 0.717) is 34.4 Å². The van der Waals surface area contributed by atoms with E-state index in [-0.39, 0.29) is 11.8 Å². The van der Waals surface area contributed by atoms with Gasteiger partial charge < -0.3 is 15.0 Å². The molecule has 0 spiro atoms. The number of nitrogens with one attached hydrogen (secondary N) is 1. The third-order valence-corrected chi connectivity index (χ3v) is 5.29. The Kier molecular flexibility index (Phi) is 5.35. The molecule has 0 saturated carbocycles. The summed E-state index contributed by atoms with van der Waals surface area (Å²) in [6.45, 7) is 1.31. The van der Waals surface area contributed by atoms with Gasteiger partial charge >= 0.3 is 5.97 Å². The van der Waals surface area contributed by atoms with E-state index in [1.54, 1.807) is 30.3 Å². The molecular formula is C20H20ClN5O3. The second-order valence-electron chi connectivity index (χ2n) is 6.90. The Balaban J connectivity index is 1.49. The summed E-state index contributed by atoms with van der Waals surface area (Å²) >= 11 is 6.19. The Morgan fingerprint density at radius 3 is 2.93 bits per heavy atom. The highest BCUT2D eigenvalue weighted by Gasteiger charge is 2.28. The summed E-state index contributed by atoms with van der Waals surface area (Å²) in [5, 5.41) is 11.9. The van der Waals surface area contributed by atoms with Crippen LogP contribution in [0.5, 0.6) is 0 Å². The van der Waals surface area contributed by atoms with Gasteiger partial charge in [0.2, 0.25) is 11.9 Å². The molecular weight excluding hydrogens is 394 g/mol. The first kappa shape index (κ1) is 19.2. The predicted octanol–water partition coefficient (Wildman–Crippen LogP) is 3.02. The van der Waals surface area contributed by atoms with E-state index in [0.717, 1.165) is 19.4 Å². The molecule has 1 saturated heterocycles. The van der Waals surface area contributed by atoms with Crippen LogP contribution in [-0.4, -0.2) is 46.7 Å². The highest BCUT2D eigenvalue weighted by molar-refractivity contribution is 6.33. The van der Waals surface area contributed by atoms with Crippen molar-refractivity contribution >= 4 is 40.8 Å². The maximum absolute atomic E-state index is 12.8. The summed E-state index contributed by atoms with van der Waals surface area (Å²) in [5.41, 5.74) is 1.55. The van der Waals surface area contributed by atoms with Crippen molar-refractivity contribution in [2.75, 3.05) is 30.4 Å². The molecule has 1 aliphatic heterocycles. The number of amides is 1. The van der Waals surface area contributed by atoms with Gasteiger partial charge in [0.25, 0.3) is 0 Å². The second-order valence-corrected chi connectivity index (χ2v) is 7.30. The minimum atomic E-state index is -0.442. The van der Waals surface area contributed by atoms with Crippen molar-refractivity contribution in [3.63, 3.8) is 0 Å². The van der Waals surface area contributed by atoms with Crippen LogP contribution in [0.4, 0.5) is 11.6 Å². The van der Waals surface area contributed by atoms with Crippen LogP contribution in [0, 0.1) is 5.92 Å². The number of pyridine rings is 1. The van der Waals surface area contributed by atoms with Gasteiger partial charge in [-0.1, -0.05) is 17.7 Å². The topological polar surface area (TPSA) is 88.8 Å². The summed E-state index contributed by atoms with van der Waals surface area (Å²) < 4.78 is 6.56. The number of rotatable bonds is 4. The van der Waals surface area contributed by atoms with E-state index in [9.17, 15) is 9.59 Å². The summed E-state index contributed by atoms with van der Waals surface area (Å²) in [7, 11) is 1.32. The number of carbonyl (C=O) groups excluding carboxylic acids is 2. The number of ether oxygens (including phenoxy) is 1. The molecule has 4 rings (SSSR count).